The van der Waals surface area contributed by atoms with Crippen LogP contribution in [0.3, 0.4) is 0 Å². The first-order chi connectivity index (χ1) is 11.9. The van der Waals surface area contributed by atoms with Crippen molar-refractivity contribution in [2.45, 2.75) is 32.0 Å². The van der Waals surface area contributed by atoms with Crippen LogP contribution < -0.4 is 10.6 Å². The van der Waals surface area contributed by atoms with Crippen molar-refractivity contribution >= 4 is 17.6 Å². The number of anilines is 3. The maximum Gasteiger partial charge on any atom is 0.421 e. The van der Waals surface area contributed by atoms with Crippen molar-refractivity contribution in [1.82, 2.24) is 19.7 Å². The molecule has 132 valence electrons. The number of nitrogens with zero attached hydrogens (tertiary/aromatic N) is 5. The molecule has 2 N–H and O–H groups in total. The highest BCUT2D eigenvalue weighted by atomic mass is 19.4. The van der Waals surface area contributed by atoms with Crippen LogP contribution in [0.1, 0.15) is 31.4 Å². The fraction of sp³-hybridized carbons (Fsp3) is 0.467. The lowest BCUT2D eigenvalue weighted by molar-refractivity contribution is -0.137. The van der Waals surface area contributed by atoms with Gasteiger partial charge < -0.3 is 10.6 Å². The van der Waals surface area contributed by atoms with Gasteiger partial charge >= 0.3 is 6.18 Å². The monoisotopic (exact) mass is 351 g/mol. The van der Waals surface area contributed by atoms with Gasteiger partial charge in [-0.3, -0.25) is 0 Å². The minimum Gasteiger partial charge on any atom is -0.370 e. The molecule has 7 nitrogen and oxygen atoms in total. The van der Waals surface area contributed by atoms with Gasteiger partial charge in [0.15, 0.2) is 0 Å². The molecule has 1 saturated carbocycles. The summed E-state index contributed by atoms with van der Waals surface area (Å²) in [5, 5.41) is 18.6. The summed E-state index contributed by atoms with van der Waals surface area (Å²) in [6, 6.07) is 3.98. The Labute approximate surface area is 141 Å². The van der Waals surface area contributed by atoms with Gasteiger partial charge in [-0.2, -0.15) is 28.5 Å². The molecule has 0 radical (unpaired) electrons. The highest BCUT2D eigenvalue weighted by Crippen LogP contribution is 2.39. The van der Waals surface area contributed by atoms with Gasteiger partial charge in [0.1, 0.15) is 17.2 Å². The Kier molecular flexibility index (Phi) is 4.48. The average Bonchev–Trinajstić information content (AvgIpc) is 2.93. The summed E-state index contributed by atoms with van der Waals surface area (Å²) in [7, 11) is 0. The van der Waals surface area contributed by atoms with Gasteiger partial charge in [-0.25, -0.2) is 9.67 Å². The van der Waals surface area contributed by atoms with Gasteiger partial charge in [0.05, 0.1) is 24.2 Å². The van der Waals surface area contributed by atoms with Crippen LogP contribution in [-0.2, 0) is 6.18 Å². The summed E-state index contributed by atoms with van der Waals surface area (Å²) >= 11 is 0. The molecule has 2 heterocycles. The summed E-state index contributed by atoms with van der Waals surface area (Å²) in [6.45, 7) is 1.99. The molecular weight excluding hydrogens is 335 g/mol. The molecule has 0 aliphatic heterocycles. The van der Waals surface area contributed by atoms with E-state index in [0.29, 0.717) is 25.2 Å². The fourth-order valence-corrected chi connectivity index (χ4v) is 2.66. The first-order valence-corrected chi connectivity index (χ1v) is 7.80. The van der Waals surface area contributed by atoms with E-state index in [0.717, 1.165) is 6.20 Å². The average molecular weight is 351 g/mol. The zero-order valence-corrected chi connectivity index (χ0v) is 13.4. The predicted molar refractivity (Wildman–Crippen MR) is 84.1 cm³/mol. The molecule has 10 heteroatoms. The van der Waals surface area contributed by atoms with E-state index in [2.05, 4.69) is 31.8 Å². The Bertz CT molecular complexity index is 787. The van der Waals surface area contributed by atoms with Crippen molar-refractivity contribution in [2.75, 3.05) is 17.2 Å². The van der Waals surface area contributed by atoms with Crippen molar-refractivity contribution in [2.24, 2.45) is 5.92 Å². The maximum absolute atomic E-state index is 13.0. The third kappa shape index (κ3) is 3.50. The van der Waals surface area contributed by atoms with Crippen LogP contribution in [0.15, 0.2) is 18.5 Å². The normalized spacial score (nSPS) is 19.8. The van der Waals surface area contributed by atoms with Crippen LogP contribution in [0.2, 0.25) is 0 Å². The molecule has 25 heavy (non-hydrogen) atoms. The van der Waals surface area contributed by atoms with Gasteiger partial charge in [0.25, 0.3) is 0 Å². The van der Waals surface area contributed by atoms with Gasteiger partial charge in [0.2, 0.25) is 5.95 Å². The molecule has 0 aromatic carbocycles. The van der Waals surface area contributed by atoms with E-state index < -0.39 is 11.7 Å². The molecule has 0 bridgehead atoms. The molecule has 2 aromatic rings. The Morgan fingerprint density at radius 2 is 2.16 bits per heavy atom. The Morgan fingerprint density at radius 1 is 1.40 bits per heavy atom. The molecular formula is C15H16F3N7. The molecule has 0 atom stereocenters. The Morgan fingerprint density at radius 3 is 2.80 bits per heavy atom. The lowest BCUT2D eigenvalue weighted by Gasteiger charge is -2.31. The first kappa shape index (κ1) is 17.0. The van der Waals surface area contributed by atoms with E-state index in [9.17, 15) is 13.2 Å². The van der Waals surface area contributed by atoms with Crippen LogP contribution >= 0.6 is 0 Å². The van der Waals surface area contributed by atoms with Crippen LogP contribution in [0.5, 0.6) is 0 Å². The van der Waals surface area contributed by atoms with E-state index >= 15 is 0 Å². The van der Waals surface area contributed by atoms with Crippen molar-refractivity contribution in [3.63, 3.8) is 0 Å². The zero-order valence-electron chi connectivity index (χ0n) is 13.4. The van der Waals surface area contributed by atoms with Crippen LogP contribution in [0.4, 0.5) is 30.8 Å². The third-order valence-corrected chi connectivity index (χ3v) is 3.99. The molecule has 3 rings (SSSR count). The second-order valence-electron chi connectivity index (χ2n) is 5.72. The van der Waals surface area contributed by atoms with Crippen molar-refractivity contribution in [1.29, 1.82) is 5.26 Å². The van der Waals surface area contributed by atoms with Gasteiger partial charge in [-0.15, -0.1) is 0 Å². The van der Waals surface area contributed by atoms with E-state index in [4.69, 9.17) is 5.26 Å². The topological polar surface area (TPSA) is 91.5 Å². The van der Waals surface area contributed by atoms with E-state index in [1.54, 1.807) is 23.9 Å². The van der Waals surface area contributed by atoms with Crippen LogP contribution in [0, 0.1) is 17.2 Å². The second-order valence-corrected chi connectivity index (χ2v) is 5.72. The summed E-state index contributed by atoms with van der Waals surface area (Å²) in [6.07, 6.45) is -0.802. The quantitative estimate of drug-likeness (QED) is 0.858. The number of alkyl halides is 3. The molecule has 1 fully saturated rings. The fourth-order valence-electron chi connectivity index (χ4n) is 2.66. The Hall–Kier alpha value is -2.83. The molecule has 0 saturated heterocycles. The molecule has 2 aromatic heterocycles. The lowest BCUT2D eigenvalue weighted by atomic mass is 9.81. The summed E-state index contributed by atoms with van der Waals surface area (Å²) in [4.78, 5) is 7.70. The number of rotatable bonds is 5. The van der Waals surface area contributed by atoms with E-state index in [1.165, 1.54) is 0 Å². The standard InChI is InChI=1S/C15H16F3N7/c1-2-20-13-11(15(16,17)18)8-21-14(24-13)23-12-3-4-22-25(12)10-5-9(6-10)7-19/h3-4,8-10H,2,5-6H2,1H3,(H2,20,21,23,24). The van der Waals surface area contributed by atoms with Crippen molar-refractivity contribution in [3.8, 4) is 6.07 Å². The maximum atomic E-state index is 13.0. The summed E-state index contributed by atoms with van der Waals surface area (Å²) in [5.41, 5.74) is -0.913. The smallest absolute Gasteiger partial charge is 0.370 e. The number of nitrogens with one attached hydrogen (secondary N) is 2. The summed E-state index contributed by atoms with van der Waals surface area (Å²) < 4.78 is 40.7. The molecule has 1 aliphatic rings. The van der Waals surface area contributed by atoms with Crippen molar-refractivity contribution < 1.29 is 13.2 Å². The minimum absolute atomic E-state index is 0.0183. The van der Waals surface area contributed by atoms with Gasteiger partial charge in [0, 0.05) is 18.8 Å². The van der Waals surface area contributed by atoms with Crippen LogP contribution in [-0.4, -0.2) is 26.3 Å². The van der Waals surface area contributed by atoms with Gasteiger partial charge in [-0.1, -0.05) is 0 Å². The number of nitriles is 1. The second kappa shape index (κ2) is 6.58. The first-order valence-electron chi connectivity index (χ1n) is 7.80. The Balaban J connectivity index is 1.81. The van der Waals surface area contributed by atoms with E-state index in [-0.39, 0.29) is 23.7 Å². The predicted octanol–water partition coefficient (Wildman–Crippen LogP) is 3.34. The van der Waals surface area contributed by atoms with E-state index in [1.807, 2.05) is 0 Å². The number of aromatic nitrogens is 4. The number of hydrogen-bond donors (Lipinski definition) is 2. The van der Waals surface area contributed by atoms with Crippen LogP contribution in [0.25, 0.3) is 0 Å². The molecule has 0 amide bonds. The summed E-state index contributed by atoms with van der Waals surface area (Å²) in [5.74, 6) is 0.363. The lowest BCUT2D eigenvalue weighted by Crippen LogP contribution is -2.27. The molecule has 1 aliphatic carbocycles. The number of hydrogen-bond acceptors (Lipinski definition) is 6. The van der Waals surface area contributed by atoms with Crippen molar-refractivity contribution in [3.05, 3.63) is 24.0 Å². The highest BCUT2D eigenvalue weighted by molar-refractivity contribution is 5.54. The zero-order chi connectivity index (χ0) is 18.0. The third-order valence-electron chi connectivity index (χ3n) is 3.99. The minimum atomic E-state index is -4.53. The molecule has 0 spiro atoms. The SMILES string of the molecule is CCNc1nc(Nc2ccnn2C2CC(C#N)C2)ncc1C(F)(F)F. The van der Waals surface area contributed by atoms with Gasteiger partial charge in [-0.05, 0) is 19.8 Å². The largest absolute Gasteiger partial charge is 0.421 e. The molecule has 0 unspecified atom stereocenters. The highest BCUT2D eigenvalue weighted by Gasteiger charge is 2.35. The number of halogens is 3.